The summed E-state index contributed by atoms with van der Waals surface area (Å²) in [6.45, 7) is -0.376. The van der Waals surface area contributed by atoms with Gasteiger partial charge in [-0.15, -0.1) is 0 Å². The number of rotatable bonds is 6. The van der Waals surface area contributed by atoms with Crippen molar-refractivity contribution in [3.05, 3.63) is 42.0 Å². The maximum absolute atomic E-state index is 12.7. The van der Waals surface area contributed by atoms with Crippen molar-refractivity contribution in [1.82, 2.24) is 4.90 Å². The number of amides is 3. The molecule has 3 rings (SSSR count). The Hall–Kier alpha value is -3.75. The first-order valence-electron chi connectivity index (χ1n) is 9.14. The predicted octanol–water partition coefficient (Wildman–Crippen LogP) is 1.77. The highest BCUT2D eigenvalue weighted by molar-refractivity contribution is 6.12. The van der Waals surface area contributed by atoms with E-state index in [1.165, 1.54) is 31.1 Å². The molecule has 3 amide bonds. The van der Waals surface area contributed by atoms with E-state index in [4.69, 9.17) is 14.2 Å². The van der Waals surface area contributed by atoms with Crippen LogP contribution >= 0.6 is 0 Å². The molecule has 1 N–H and O–H groups in total. The first kappa shape index (κ1) is 21.0. The fourth-order valence-electron chi connectivity index (χ4n) is 3.26. The number of ether oxygens (including phenoxy) is 3. The average molecular weight is 413 g/mol. The fraction of sp³-hybridized carbons (Fsp3) is 0.286. The summed E-state index contributed by atoms with van der Waals surface area (Å²) < 4.78 is 15.9. The molecule has 1 heterocycles. The number of hydrogen-bond acceptors (Lipinski definition) is 6. The Balaban J connectivity index is 1.86. The lowest BCUT2D eigenvalue weighted by Crippen LogP contribution is -2.41. The summed E-state index contributed by atoms with van der Waals surface area (Å²) in [5.74, 6) is 0.106. The number of benzene rings is 2. The van der Waals surface area contributed by atoms with Crippen LogP contribution in [-0.2, 0) is 9.59 Å². The largest absolute Gasteiger partial charge is 0.493 e. The summed E-state index contributed by atoms with van der Waals surface area (Å²) >= 11 is 0. The molecule has 9 heteroatoms. The molecule has 0 atom stereocenters. The number of carbonyl (C=O) groups excluding carboxylic acids is 3. The Bertz CT molecular complexity index is 965. The van der Waals surface area contributed by atoms with Gasteiger partial charge in [0.2, 0.25) is 17.6 Å². The fourth-order valence-corrected chi connectivity index (χ4v) is 3.26. The number of hydrogen-bond donors (Lipinski definition) is 1. The van der Waals surface area contributed by atoms with Crippen molar-refractivity contribution in [3.63, 3.8) is 0 Å². The first-order valence-corrected chi connectivity index (χ1v) is 9.14. The molecule has 0 fully saturated rings. The standard InChI is InChI=1S/C21H23N3O6/c1-23-12-19(26)24(15-8-6-5-7-14(15)21(23)27)11-18(25)22-13-9-16(28-2)20(30-4)17(10-13)29-3/h5-10H,11-12H2,1-4H3,(H,22,25). The highest BCUT2D eigenvalue weighted by Gasteiger charge is 2.30. The zero-order valence-corrected chi connectivity index (χ0v) is 17.2. The van der Waals surface area contributed by atoms with Gasteiger partial charge in [-0.05, 0) is 12.1 Å². The minimum Gasteiger partial charge on any atom is -0.493 e. The van der Waals surface area contributed by atoms with Gasteiger partial charge in [0, 0.05) is 24.9 Å². The van der Waals surface area contributed by atoms with Gasteiger partial charge in [0.15, 0.2) is 11.5 Å². The van der Waals surface area contributed by atoms with E-state index in [-0.39, 0.29) is 24.9 Å². The maximum atomic E-state index is 12.7. The molecule has 2 aromatic carbocycles. The van der Waals surface area contributed by atoms with Crippen molar-refractivity contribution >= 4 is 29.1 Å². The summed E-state index contributed by atoms with van der Waals surface area (Å²) in [4.78, 5) is 40.6. The lowest BCUT2D eigenvalue weighted by Gasteiger charge is -2.22. The number of likely N-dealkylation sites (N-methyl/N-ethyl adjacent to an activating group) is 1. The van der Waals surface area contributed by atoms with Crippen molar-refractivity contribution in [1.29, 1.82) is 0 Å². The summed E-state index contributed by atoms with van der Waals surface area (Å²) in [5, 5.41) is 2.74. The second kappa shape index (κ2) is 8.73. The van der Waals surface area contributed by atoms with E-state index in [2.05, 4.69) is 5.32 Å². The second-order valence-corrected chi connectivity index (χ2v) is 6.62. The third kappa shape index (κ3) is 4.00. The highest BCUT2D eigenvalue weighted by atomic mass is 16.5. The van der Waals surface area contributed by atoms with E-state index in [1.54, 1.807) is 43.4 Å². The van der Waals surface area contributed by atoms with Crippen LogP contribution in [0.3, 0.4) is 0 Å². The molecule has 158 valence electrons. The van der Waals surface area contributed by atoms with Gasteiger partial charge in [-0.1, -0.05) is 12.1 Å². The molecule has 30 heavy (non-hydrogen) atoms. The maximum Gasteiger partial charge on any atom is 0.256 e. The Morgan fingerprint density at radius 3 is 2.27 bits per heavy atom. The van der Waals surface area contributed by atoms with E-state index in [9.17, 15) is 14.4 Å². The number of nitrogens with one attached hydrogen (secondary N) is 1. The number of carbonyl (C=O) groups is 3. The van der Waals surface area contributed by atoms with Gasteiger partial charge in [-0.25, -0.2) is 0 Å². The van der Waals surface area contributed by atoms with E-state index in [1.807, 2.05) is 0 Å². The van der Waals surface area contributed by atoms with E-state index in [0.29, 0.717) is 34.2 Å². The number of methoxy groups -OCH3 is 3. The Kier molecular flexibility index (Phi) is 6.10. The normalized spacial score (nSPS) is 13.5. The first-order chi connectivity index (χ1) is 14.4. The minimum absolute atomic E-state index is 0.120. The molecular formula is C21H23N3O6. The van der Waals surface area contributed by atoms with Crippen LogP contribution in [0.15, 0.2) is 36.4 Å². The van der Waals surface area contributed by atoms with Crippen LogP contribution in [0, 0.1) is 0 Å². The van der Waals surface area contributed by atoms with Gasteiger partial charge in [0.05, 0.1) is 32.6 Å². The minimum atomic E-state index is -0.440. The molecule has 0 aliphatic carbocycles. The van der Waals surface area contributed by atoms with Gasteiger partial charge in [-0.3, -0.25) is 14.4 Å². The molecule has 0 radical (unpaired) electrons. The lowest BCUT2D eigenvalue weighted by atomic mass is 10.1. The van der Waals surface area contributed by atoms with Crippen molar-refractivity contribution in [3.8, 4) is 17.2 Å². The predicted molar refractivity (Wildman–Crippen MR) is 110 cm³/mol. The van der Waals surface area contributed by atoms with Crippen molar-refractivity contribution in [2.75, 3.05) is 51.7 Å². The van der Waals surface area contributed by atoms with Crippen LogP contribution in [0.25, 0.3) is 0 Å². The van der Waals surface area contributed by atoms with Gasteiger partial charge in [0.25, 0.3) is 5.91 Å². The topological polar surface area (TPSA) is 97.4 Å². The van der Waals surface area contributed by atoms with Crippen molar-refractivity contribution in [2.45, 2.75) is 0 Å². The molecule has 1 aliphatic heterocycles. The quantitative estimate of drug-likeness (QED) is 0.775. The molecule has 1 aliphatic rings. The van der Waals surface area contributed by atoms with Crippen molar-refractivity contribution < 1.29 is 28.6 Å². The molecular weight excluding hydrogens is 390 g/mol. The molecule has 0 spiro atoms. The zero-order valence-electron chi connectivity index (χ0n) is 17.2. The van der Waals surface area contributed by atoms with Crippen LogP contribution in [0.1, 0.15) is 10.4 Å². The average Bonchev–Trinajstić information content (AvgIpc) is 2.83. The Morgan fingerprint density at radius 2 is 1.67 bits per heavy atom. The van der Waals surface area contributed by atoms with Gasteiger partial charge < -0.3 is 29.3 Å². The zero-order chi connectivity index (χ0) is 21.8. The third-order valence-electron chi connectivity index (χ3n) is 4.70. The molecule has 0 aromatic heterocycles. The number of fused-ring (bicyclic) bond motifs is 1. The smallest absolute Gasteiger partial charge is 0.256 e. The second-order valence-electron chi connectivity index (χ2n) is 6.62. The SMILES string of the molecule is COc1cc(NC(=O)CN2C(=O)CN(C)C(=O)c3ccccc32)cc(OC)c1OC. The van der Waals surface area contributed by atoms with Crippen molar-refractivity contribution in [2.24, 2.45) is 0 Å². The lowest BCUT2D eigenvalue weighted by molar-refractivity contribution is -0.121. The van der Waals surface area contributed by atoms with Gasteiger partial charge in [-0.2, -0.15) is 0 Å². The molecule has 2 aromatic rings. The molecule has 0 bridgehead atoms. The number of nitrogens with zero attached hydrogens (tertiary/aromatic N) is 2. The van der Waals surface area contributed by atoms with Gasteiger partial charge >= 0.3 is 0 Å². The highest BCUT2D eigenvalue weighted by Crippen LogP contribution is 2.40. The summed E-state index contributed by atoms with van der Waals surface area (Å²) in [6, 6.07) is 9.90. The van der Waals surface area contributed by atoms with Crippen LogP contribution in [0.4, 0.5) is 11.4 Å². The van der Waals surface area contributed by atoms with Crippen LogP contribution < -0.4 is 24.4 Å². The monoisotopic (exact) mass is 413 g/mol. The van der Waals surface area contributed by atoms with Crippen LogP contribution in [-0.4, -0.2) is 64.1 Å². The Morgan fingerprint density at radius 1 is 1.03 bits per heavy atom. The third-order valence-corrected chi connectivity index (χ3v) is 4.70. The summed E-state index contributed by atoms with van der Waals surface area (Å²) in [7, 11) is 5.99. The van der Waals surface area contributed by atoms with Crippen LogP contribution in [0.2, 0.25) is 0 Å². The Labute approximate surface area is 174 Å². The molecule has 0 saturated carbocycles. The van der Waals surface area contributed by atoms with E-state index >= 15 is 0 Å². The molecule has 0 unspecified atom stereocenters. The van der Waals surface area contributed by atoms with E-state index in [0.717, 1.165) is 0 Å². The summed E-state index contributed by atoms with van der Waals surface area (Å²) in [5.41, 5.74) is 1.18. The molecule has 9 nitrogen and oxygen atoms in total. The number of anilines is 2. The molecule has 0 saturated heterocycles. The summed E-state index contributed by atoms with van der Waals surface area (Å²) in [6.07, 6.45) is 0. The van der Waals surface area contributed by atoms with Gasteiger partial charge in [0.1, 0.15) is 13.1 Å². The van der Waals surface area contributed by atoms with Crippen LogP contribution in [0.5, 0.6) is 17.2 Å². The number of para-hydroxylation sites is 1. The van der Waals surface area contributed by atoms with E-state index < -0.39 is 5.91 Å².